The largest absolute Gasteiger partial charge is 0.336 e. The lowest BCUT2D eigenvalue weighted by molar-refractivity contribution is 0.108. The molecule has 1 unspecified atom stereocenters. The standard InChI is InChI=1S/C20H21F3N6/c1-12(2)19-25-24-16-7-9-26(11-29(16)19)20-27-8-3-4-13(27)10-28(20)15-6-5-14(21)17(22)18(15)23/h5-7,9-10,12,20H,3-4,8,11H2,1-2H3. The minimum atomic E-state index is -1.45. The first kappa shape index (κ1) is 18.1. The number of hydrogen-bond acceptors (Lipinski definition) is 5. The van der Waals surface area contributed by atoms with E-state index in [0.29, 0.717) is 6.67 Å². The Hall–Kier alpha value is -2.97. The van der Waals surface area contributed by atoms with Gasteiger partial charge in [-0.3, -0.25) is 4.57 Å². The van der Waals surface area contributed by atoms with E-state index in [1.165, 1.54) is 6.07 Å². The molecule has 3 aliphatic rings. The van der Waals surface area contributed by atoms with Gasteiger partial charge in [0.25, 0.3) is 0 Å². The molecule has 3 aliphatic heterocycles. The van der Waals surface area contributed by atoms with E-state index in [1.54, 1.807) is 4.90 Å². The molecular weight excluding hydrogens is 381 g/mol. The molecule has 0 saturated carbocycles. The lowest BCUT2D eigenvalue weighted by Crippen LogP contribution is -2.51. The van der Waals surface area contributed by atoms with E-state index in [2.05, 4.69) is 28.9 Å². The summed E-state index contributed by atoms with van der Waals surface area (Å²) in [5.41, 5.74) is 1.08. The Morgan fingerprint density at radius 3 is 2.72 bits per heavy atom. The Morgan fingerprint density at radius 2 is 1.93 bits per heavy atom. The molecule has 29 heavy (non-hydrogen) atoms. The van der Waals surface area contributed by atoms with Crippen LogP contribution >= 0.6 is 0 Å². The highest BCUT2D eigenvalue weighted by Crippen LogP contribution is 2.39. The summed E-state index contributed by atoms with van der Waals surface area (Å²) in [7, 11) is 0. The lowest BCUT2D eigenvalue weighted by Gasteiger charge is -2.41. The number of hydrogen-bond donors (Lipinski definition) is 0. The van der Waals surface area contributed by atoms with Crippen LogP contribution in [0.1, 0.15) is 44.3 Å². The molecule has 1 aromatic heterocycles. The maximum absolute atomic E-state index is 14.6. The Balaban J connectivity index is 1.54. The summed E-state index contributed by atoms with van der Waals surface area (Å²) >= 11 is 0. The maximum Gasteiger partial charge on any atom is 0.196 e. The van der Waals surface area contributed by atoms with Crippen LogP contribution < -0.4 is 4.90 Å². The summed E-state index contributed by atoms with van der Waals surface area (Å²) in [5, 5.41) is 8.51. The fraction of sp³-hybridized carbons (Fsp3) is 0.400. The molecule has 1 fully saturated rings. The van der Waals surface area contributed by atoms with Crippen LogP contribution in [0.25, 0.3) is 6.08 Å². The van der Waals surface area contributed by atoms with Crippen molar-refractivity contribution in [2.24, 2.45) is 0 Å². The predicted molar refractivity (Wildman–Crippen MR) is 102 cm³/mol. The molecule has 0 bridgehead atoms. The van der Waals surface area contributed by atoms with Crippen LogP contribution in [-0.4, -0.2) is 37.4 Å². The zero-order valence-corrected chi connectivity index (χ0v) is 16.2. The number of fused-ring (bicyclic) bond motifs is 2. The third kappa shape index (κ3) is 2.71. The average molecular weight is 402 g/mol. The molecule has 1 aromatic carbocycles. The van der Waals surface area contributed by atoms with Crippen LogP contribution in [0.15, 0.2) is 30.2 Å². The van der Waals surface area contributed by atoms with Crippen molar-refractivity contribution < 1.29 is 13.2 Å². The van der Waals surface area contributed by atoms with Gasteiger partial charge in [-0.1, -0.05) is 13.8 Å². The van der Waals surface area contributed by atoms with Gasteiger partial charge in [0, 0.05) is 30.6 Å². The number of anilines is 1. The van der Waals surface area contributed by atoms with E-state index < -0.39 is 17.5 Å². The summed E-state index contributed by atoms with van der Waals surface area (Å²) in [5.74, 6) is -1.99. The van der Waals surface area contributed by atoms with E-state index >= 15 is 0 Å². The molecule has 5 rings (SSSR count). The normalized spacial score (nSPS) is 20.6. The van der Waals surface area contributed by atoms with Gasteiger partial charge in [-0.15, -0.1) is 10.2 Å². The van der Waals surface area contributed by atoms with Crippen molar-refractivity contribution in [1.82, 2.24) is 24.6 Å². The number of nitrogens with zero attached hydrogens (tertiary/aromatic N) is 6. The highest BCUT2D eigenvalue weighted by molar-refractivity contribution is 5.55. The molecule has 9 heteroatoms. The number of halogens is 3. The first-order valence-corrected chi connectivity index (χ1v) is 9.72. The zero-order valence-electron chi connectivity index (χ0n) is 16.2. The number of rotatable bonds is 3. The van der Waals surface area contributed by atoms with Gasteiger partial charge in [0.1, 0.15) is 12.5 Å². The average Bonchev–Trinajstić information content (AvgIpc) is 3.39. The van der Waals surface area contributed by atoms with Crippen LogP contribution in [-0.2, 0) is 6.67 Å². The second-order valence-electron chi connectivity index (χ2n) is 7.84. The second-order valence-corrected chi connectivity index (χ2v) is 7.84. The number of benzene rings is 1. The minimum absolute atomic E-state index is 0.0165. The first-order valence-electron chi connectivity index (χ1n) is 9.72. The second kappa shape index (κ2) is 6.53. The van der Waals surface area contributed by atoms with Gasteiger partial charge < -0.3 is 14.7 Å². The van der Waals surface area contributed by atoms with Gasteiger partial charge in [-0.25, -0.2) is 13.2 Å². The molecule has 1 saturated heterocycles. The third-order valence-corrected chi connectivity index (χ3v) is 5.65. The predicted octanol–water partition coefficient (Wildman–Crippen LogP) is 3.80. The fourth-order valence-electron chi connectivity index (χ4n) is 4.29. The molecule has 0 amide bonds. The molecule has 2 aromatic rings. The van der Waals surface area contributed by atoms with Crippen LogP contribution in [0.3, 0.4) is 0 Å². The summed E-state index contributed by atoms with van der Waals surface area (Å²) in [6.45, 7) is 5.41. The van der Waals surface area contributed by atoms with Gasteiger partial charge in [0.15, 0.2) is 29.6 Å². The van der Waals surface area contributed by atoms with Gasteiger partial charge in [-0.05, 0) is 31.1 Å². The smallest absolute Gasteiger partial charge is 0.196 e. The van der Waals surface area contributed by atoms with E-state index in [9.17, 15) is 13.2 Å². The molecule has 0 aliphatic carbocycles. The van der Waals surface area contributed by atoms with Gasteiger partial charge >= 0.3 is 0 Å². The van der Waals surface area contributed by atoms with Crippen molar-refractivity contribution in [3.63, 3.8) is 0 Å². The Morgan fingerprint density at radius 1 is 1.10 bits per heavy atom. The van der Waals surface area contributed by atoms with Crippen LogP contribution in [0.2, 0.25) is 0 Å². The molecule has 0 radical (unpaired) electrons. The molecular formula is C20H21F3N6. The van der Waals surface area contributed by atoms with Crippen molar-refractivity contribution in [3.05, 3.63) is 59.3 Å². The summed E-state index contributed by atoms with van der Waals surface area (Å²) in [6, 6.07) is 2.25. The Bertz CT molecular complexity index is 1030. The van der Waals surface area contributed by atoms with E-state index in [-0.39, 0.29) is 17.9 Å². The van der Waals surface area contributed by atoms with Crippen LogP contribution in [0.4, 0.5) is 18.9 Å². The molecule has 1 atom stereocenters. The van der Waals surface area contributed by atoms with Gasteiger partial charge in [0.2, 0.25) is 0 Å². The SMILES string of the molecule is CC(C)c1nnc2n1CN(C1N3CCCC3=CN1c1ccc(F)c(F)c1F)C=C2. The Kier molecular flexibility index (Phi) is 4.07. The highest BCUT2D eigenvalue weighted by Gasteiger charge is 2.41. The van der Waals surface area contributed by atoms with E-state index in [4.69, 9.17) is 0 Å². The van der Waals surface area contributed by atoms with Crippen molar-refractivity contribution in [3.8, 4) is 0 Å². The molecule has 6 nitrogen and oxygen atoms in total. The number of aromatic nitrogens is 3. The Labute approximate surface area is 166 Å². The number of allylic oxidation sites excluding steroid dienone is 1. The molecule has 4 heterocycles. The minimum Gasteiger partial charge on any atom is -0.336 e. The van der Waals surface area contributed by atoms with Crippen LogP contribution in [0.5, 0.6) is 0 Å². The monoisotopic (exact) mass is 402 g/mol. The summed E-state index contributed by atoms with van der Waals surface area (Å²) < 4.78 is 44.1. The van der Waals surface area contributed by atoms with Crippen molar-refractivity contribution in [2.45, 2.75) is 45.6 Å². The van der Waals surface area contributed by atoms with Crippen molar-refractivity contribution in [2.75, 3.05) is 11.4 Å². The molecule has 152 valence electrons. The first-order chi connectivity index (χ1) is 14.0. The molecule has 0 N–H and O–H groups in total. The maximum atomic E-state index is 14.6. The summed E-state index contributed by atoms with van der Waals surface area (Å²) in [4.78, 5) is 5.90. The lowest BCUT2D eigenvalue weighted by atomic mass is 10.2. The third-order valence-electron chi connectivity index (χ3n) is 5.65. The fourth-order valence-corrected chi connectivity index (χ4v) is 4.29. The van der Waals surface area contributed by atoms with Crippen molar-refractivity contribution >= 4 is 11.8 Å². The topological polar surface area (TPSA) is 40.4 Å². The van der Waals surface area contributed by atoms with Gasteiger partial charge in [0.05, 0.1) is 5.69 Å². The van der Waals surface area contributed by atoms with Gasteiger partial charge in [-0.2, -0.15) is 0 Å². The molecule has 0 spiro atoms. The zero-order chi connectivity index (χ0) is 20.3. The highest BCUT2D eigenvalue weighted by atomic mass is 19.2. The quantitative estimate of drug-likeness (QED) is 0.731. The van der Waals surface area contributed by atoms with Crippen LogP contribution in [0, 0.1) is 17.5 Å². The van der Waals surface area contributed by atoms with E-state index in [1.807, 2.05) is 27.9 Å². The summed E-state index contributed by atoms with van der Waals surface area (Å²) in [6.07, 6.45) is 7.11. The van der Waals surface area contributed by atoms with Crippen molar-refractivity contribution in [1.29, 1.82) is 0 Å². The van der Waals surface area contributed by atoms with E-state index in [0.717, 1.165) is 42.8 Å².